The molecule has 0 radical (unpaired) electrons. The Kier molecular flexibility index (Phi) is 4.34. The Hall–Kier alpha value is -2.10. The van der Waals surface area contributed by atoms with Crippen molar-refractivity contribution in [1.82, 2.24) is 10.3 Å². The van der Waals surface area contributed by atoms with Crippen LogP contribution in [0.15, 0.2) is 60.8 Å². The van der Waals surface area contributed by atoms with Gasteiger partial charge in [0.25, 0.3) is 0 Å². The highest BCUT2D eigenvalue weighted by molar-refractivity contribution is 5.79. The molecule has 108 valence electrons. The van der Waals surface area contributed by atoms with Crippen LogP contribution in [0.4, 0.5) is 0 Å². The number of nitrogens with one attached hydrogen (secondary N) is 2. The molecular weight excluding hydrogens is 260 g/mol. The number of aliphatic hydroxyl groups excluding tert-OH is 1. The second kappa shape index (κ2) is 6.57. The molecule has 0 spiro atoms. The maximum atomic E-state index is 9.54. The van der Waals surface area contributed by atoms with Gasteiger partial charge in [-0.25, -0.2) is 0 Å². The van der Waals surface area contributed by atoms with Gasteiger partial charge in [0.1, 0.15) is 0 Å². The number of hydrogen-bond acceptors (Lipinski definition) is 2. The van der Waals surface area contributed by atoms with Gasteiger partial charge in [0.15, 0.2) is 0 Å². The van der Waals surface area contributed by atoms with Crippen LogP contribution >= 0.6 is 0 Å². The van der Waals surface area contributed by atoms with Crippen molar-refractivity contribution in [1.29, 1.82) is 0 Å². The van der Waals surface area contributed by atoms with E-state index in [-0.39, 0.29) is 12.6 Å². The lowest BCUT2D eigenvalue weighted by molar-refractivity contribution is 0.241. The SMILES string of the molecule is OCC(Cc1ccccc1)NCc1ccc2cc[nH]c2c1. The summed E-state index contributed by atoms with van der Waals surface area (Å²) in [6, 6.07) is 18.8. The first-order valence-corrected chi connectivity index (χ1v) is 7.29. The standard InChI is InChI=1S/C18H20N2O/c21-13-17(10-14-4-2-1-3-5-14)20-12-15-6-7-16-8-9-19-18(16)11-15/h1-9,11,17,19-21H,10,12-13H2. The van der Waals surface area contributed by atoms with Gasteiger partial charge < -0.3 is 15.4 Å². The number of aliphatic hydroxyl groups is 1. The highest BCUT2D eigenvalue weighted by Gasteiger charge is 2.08. The molecule has 3 heteroatoms. The van der Waals surface area contributed by atoms with Crippen molar-refractivity contribution in [3.05, 3.63) is 71.9 Å². The van der Waals surface area contributed by atoms with Crippen molar-refractivity contribution in [2.45, 2.75) is 19.0 Å². The van der Waals surface area contributed by atoms with E-state index in [2.05, 4.69) is 46.7 Å². The number of benzene rings is 2. The first kappa shape index (κ1) is 13.9. The average Bonchev–Trinajstić information content (AvgIpc) is 3.00. The minimum absolute atomic E-state index is 0.0757. The van der Waals surface area contributed by atoms with Gasteiger partial charge in [-0.2, -0.15) is 0 Å². The zero-order valence-electron chi connectivity index (χ0n) is 11.9. The second-order valence-electron chi connectivity index (χ2n) is 5.35. The summed E-state index contributed by atoms with van der Waals surface area (Å²) in [6.45, 7) is 0.895. The maximum Gasteiger partial charge on any atom is 0.0587 e. The Bertz CT molecular complexity index is 691. The maximum absolute atomic E-state index is 9.54. The first-order chi connectivity index (χ1) is 10.3. The molecule has 3 rings (SSSR count). The van der Waals surface area contributed by atoms with Gasteiger partial charge >= 0.3 is 0 Å². The fourth-order valence-corrected chi connectivity index (χ4v) is 2.57. The van der Waals surface area contributed by atoms with Crippen LogP contribution in [0.3, 0.4) is 0 Å². The lowest BCUT2D eigenvalue weighted by atomic mass is 10.1. The zero-order chi connectivity index (χ0) is 14.5. The van der Waals surface area contributed by atoms with E-state index in [0.717, 1.165) is 18.5 Å². The van der Waals surface area contributed by atoms with Crippen LogP contribution in [-0.4, -0.2) is 22.7 Å². The van der Waals surface area contributed by atoms with Crippen molar-refractivity contribution in [3.8, 4) is 0 Å². The van der Waals surface area contributed by atoms with Crippen LogP contribution < -0.4 is 5.32 Å². The van der Waals surface area contributed by atoms with Crippen molar-refractivity contribution in [2.75, 3.05) is 6.61 Å². The molecule has 3 N–H and O–H groups in total. The Balaban J connectivity index is 1.61. The average molecular weight is 280 g/mol. The summed E-state index contributed by atoms with van der Waals surface area (Å²) in [5.74, 6) is 0. The molecule has 1 heterocycles. The van der Waals surface area contributed by atoms with Crippen LogP contribution in [-0.2, 0) is 13.0 Å². The fraction of sp³-hybridized carbons (Fsp3) is 0.222. The van der Waals surface area contributed by atoms with Crippen molar-refractivity contribution < 1.29 is 5.11 Å². The molecule has 0 aliphatic heterocycles. The Morgan fingerprint density at radius 2 is 1.86 bits per heavy atom. The van der Waals surface area contributed by atoms with Gasteiger partial charge in [0.05, 0.1) is 6.61 Å². The van der Waals surface area contributed by atoms with E-state index in [1.54, 1.807) is 0 Å². The Morgan fingerprint density at radius 1 is 1.00 bits per heavy atom. The van der Waals surface area contributed by atoms with E-state index in [1.807, 2.05) is 24.4 Å². The van der Waals surface area contributed by atoms with Gasteiger partial charge in [-0.3, -0.25) is 0 Å². The van der Waals surface area contributed by atoms with E-state index in [0.29, 0.717) is 0 Å². The lowest BCUT2D eigenvalue weighted by Crippen LogP contribution is -2.34. The molecule has 3 nitrogen and oxygen atoms in total. The molecule has 21 heavy (non-hydrogen) atoms. The Labute approximate surface area is 124 Å². The molecule has 0 fully saturated rings. The van der Waals surface area contributed by atoms with Crippen LogP contribution in [0.25, 0.3) is 10.9 Å². The number of fused-ring (bicyclic) bond motifs is 1. The molecule has 0 saturated carbocycles. The minimum atomic E-state index is 0.0757. The molecule has 1 atom stereocenters. The lowest BCUT2D eigenvalue weighted by Gasteiger charge is -2.16. The fourth-order valence-electron chi connectivity index (χ4n) is 2.57. The third-order valence-electron chi connectivity index (χ3n) is 3.76. The highest BCUT2D eigenvalue weighted by Crippen LogP contribution is 2.14. The molecule has 0 saturated heterocycles. The summed E-state index contributed by atoms with van der Waals surface area (Å²) in [4.78, 5) is 3.22. The van der Waals surface area contributed by atoms with Crippen LogP contribution in [0.2, 0.25) is 0 Å². The monoisotopic (exact) mass is 280 g/mol. The van der Waals surface area contributed by atoms with E-state index in [9.17, 15) is 5.11 Å². The van der Waals surface area contributed by atoms with Gasteiger partial charge in [-0.1, -0.05) is 42.5 Å². The zero-order valence-corrected chi connectivity index (χ0v) is 11.9. The predicted molar refractivity (Wildman–Crippen MR) is 86.2 cm³/mol. The summed E-state index contributed by atoms with van der Waals surface area (Å²) in [6.07, 6.45) is 2.79. The molecule has 2 aromatic carbocycles. The van der Waals surface area contributed by atoms with Gasteiger partial charge in [-0.15, -0.1) is 0 Å². The third kappa shape index (κ3) is 3.51. The first-order valence-electron chi connectivity index (χ1n) is 7.29. The van der Waals surface area contributed by atoms with Crippen molar-refractivity contribution >= 4 is 10.9 Å². The molecule has 0 aliphatic carbocycles. The molecule has 1 unspecified atom stereocenters. The summed E-state index contributed by atoms with van der Waals surface area (Å²) in [5, 5.41) is 14.2. The summed E-state index contributed by atoms with van der Waals surface area (Å²) in [5.41, 5.74) is 3.61. The second-order valence-corrected chi connectivity index (χ2v) is 5.35. The number of H-pyrrole nitrogens is 1. The van der Waals surface area contributed by atoms with E-state index >= 15 is 0 Å². The number of hydrogen-bond donors (Lipinski definition) is 3. The summed E-state index contributed by atoms with van der Waals surface area (Å²) < 4.78 is 0. The Morgan fingerprint density at radius 3 is 2.67 bits per heavy atom. The molecule has 0 amide bonds. The van der Waals surface area contributed by atoms with E-state index in [1.165, 1.54) is 16.5 Å². The normalized spacial score (nSPS) is 12.6. The quantitative estimate of drug-likeness (QED) is 0.650. The van der Waals surface area contributed by atoms with Crippen LogP contribution in [0.1, 0.15) is 11.1 Å². The predicted octanol–water partition coefficient (Wildman–Crippen LogP) is 2.86. The smallest absolute Gasteiger partial charge is 0.0587 e. The van der Waals surface area contributed by atoms with E-state index < -0.39 is 0 Å². The largest absolute Gasteiger partial charge is 0.395 e. The van der Waals surface area contributed by atoms with Crippen molar-refractivity contribution in [2.24, 2.45) is 0 Å². The topological polar surface area (TPSA) is 48.0 Å². The molecular formula is C18H20N2O. The summed E-state index contributed by atoms with van der Waals surface area (Å²) in [7, 11) is 0. The number of aromatic amines is 1. The van der Waals surface area contributed by atoms with Gasteiger partial charge in [0, 0.05) is 24.3 Å². The molecule has 0 aliphatic rings. The third-order valence-corrected chi connectivity index (χ3v) is 3.76. The minimum Gasteiger partial charge on any atom is -0.395 e. The molecule has 1 aromatic heterocycles. The van der Waals surface area contributed by atoms with Crippen LogP contribution in [0.5, 0.6) is 0 Å². The number of aromatic nitrogens is 1. The van der Waals surface area contributed by atoms with Gasteiger partial charge in [-0.05, 0) is 35.1 Å². The molecule has 3 aromatic rings. The number of rotatable bonds is 6. The van der Waals surface area contributed by atoms with Crippen LogP contribution in [0, 0.1) is 0 Å². The van der Waals surface area contributed by atoms with Gasteiger partial charge in [0.2, 0.25) is 0 Å². The van der Waals surface area contributed by atoms with Crippen molar-refractivity contribution in [3.63, 3.8) is 0 Å². The highest BCUT2D eigenvalue weighted by atomic mass is 16.3. The van der Waals surface area contributed by atoms with E-state index in [4.69, 9.17) is 0 Å². The molecule has 0 bridgehead atoms. The summed E-state index contributed by atoms with van der Waals surface area (Å²) >= 11 is 0.